The zero-order valence-corrected chi connectivity index (χ0v) is 13.1. The molecular formula is C16H24N2O3. The van der Waals surface area contributed by atoms with Crippen LogP contribution < -0.4 is 10.1 Å². The molecule has 1 heterocycles. The number of urea groups is 1. The zero-order valence-electron chi connectivity index (χ0n) is 13.1. The Morgan fingerprint density at radius 2 is 1.81 bits per heavy atom. The second kappa shape index (κ2) is 6.80. The van der Waals surface area contributed by atoms with Crippen LogP contribution >= 0.6 is 0 Å². The molecule has 0 aliphatic carbocycles. The molecule has 1 aromatic rings. The Labute approximate surface area is 126 Å². The molecule has 0 radical (unpaired) electrons. The number of carbonyl (C=O) groups is 1. The first-order valence-corrected chi connectivity index (χ1v) is 7.42. The summed E-state index contributed by atoms with van der Waals surface area (Å²) in [7, 11) is 0. The van der Waals surface area contributed by atoms with Gasteiger partial charge in [-0.05, 0) is 52.0 Å². The van der Waals surface area contributed by atoms with Crippen LogP contribution in [0.2, 0.25) is 0 Å². The average molecular weight is 292 g/mol. The van der Waals surface area contributed by atoms with Gasteiger partial charge < -0.3 is 19.7 Å². The van der Waals surface area contributed by atoms with E-state index in [0.29, 0.717) is 13.1 Å². The van der Waals surface area contributed by atoms with Crippen molar-refractivity contribution < 1.29 is 14.3 Å². The van der Waals surface area contributed by atoms with E-state index in [9.17, 15) is 4.79 Å². The van der Waals surface area contributed by atoms with Crippen LogP contribution in [0.1, 0.15) is 27.7 Å². The van der Waals surface area contributed by atoms with Crippen molar-refractivity contribution >= 4 is 11.7 Å². The fraction of sp³-hybridized carbons (Fsp3) is 0.562. The summed E-state index contributed by atoms with van der Waals surface area (Å²) in [5.74, 6) is 0.802. The molecule has 5 nitrogen and oxygen atoms in total. The number of rotatable bonds is 3. The summed E-state index contributed by atoms with van der Waals surface area (Å²) in [6.45, 7) is 9.16. The molecule has 2 atom stereocenters. The normalized spacial score (nSPS) is 22.2. The van der Waals surface area contributed by atoms with E-state index >= 15 is 0 Å². The van der Waals surface area contributed by atoms with Crippen molar-refractivity contribution in [1.82, 2.24) is 4.90 Å². The molecule has 0 bridgehead atoms. The Kier molecular flexibility index (Phi) is 5.07. The van der Waals surface area contributed by atoms with Crippen molar-refractivity contribution in [3.63, 3.8) is 0 Å². The number of anilines is 1. The number of nitrogens with zero attached hydrogens (tertiary/aromatic N) is 1. The van der Waals surface area contributed by atoms with Gasteiger partial charge in [-0.15, -0.1) is 0 Å². The molecule has 116 valence electrons. The van der Waals surface area contributed by atoms with Crippen LogP contribution in [-0.4, -0.2) is 42.3 Å². The summed E-state index contributed by atoms with van der Waals surface area (Å²) in [6, 6.07) is 7.33. The van der Waals surface area contributed by atoms with Crippen LogP contribution in [-0.2, 0) is 4.74 Å². The Balaban J connectivity index is 1.93. The van der Waals surface area contributed by atoms with E-state index in [1.165, 1.54) is 0 Å². The van der Waals surface area contributed by atoms with Crippen LogP contribution in [0.5, 0.6) is 5.75 Å². The van der Waals surface area contributed by atoms with E-state index in [1.807, 2.05) is 52.0 Å². The highest BCUT2D eigenvalue weighted by Crippen LogP contribution is 2.18. The van der Waals surface area contributed by atoms with Crippen molar-refractivity contribution in [3.05, 3.63) is 24.3 Å². The van der Waals surface area contributed by atoms with E-state index in [0.717, 1.165) is 11.4 Å². The van der Waals surface area contributed by atoms with Gasteiger partial charge >= 0.3 is 6.03 Å². The Bertz CT molecular complexity index is 463. The largest absolute Gasteiger partial charge is 0.491 e. The fourth-order valence-corrected chi connectivity index (χ4v) is 2.44. The minimum Gasteiger partial charge on any atom is -0.491 e. The van der Waals surface area contributed by atoms with Crippen LogP contribution in [0.15, 0.2) is 24.3 Å². The third-order valence-electron chi connectivity index (χ3n) is 3.18. The maximum absolute atomic E-state index is 12.2. The molecule has 1 saturated heterocycles. The van der Waals surface area contributed by atoms with Crippen LogP contribution in [0, 0.1) is 0 Å². The van der Waals surface area contributed by atoms with E-state index < -0.39 is 0 Å². The monoisotopic (exact) mass is 292 g/mol. The number of hydrogen-bond donors (Lipinski definition) is 1. The number of benzene rings is 1. The zero-order chi connectivity index (χ0) is 15.4. The predicted molar refractivity (Wildman–Crippen MR) is 82.8 cm³/mol. The molecular weight excluding hydrogens is 268 g/mol. The highest BCUT2D eigenvalue weighted by Gasteiger charge is 2.25. The molecule has 21 heavy (non-hydrogen) atoms. The van der Waals surface area contributed by atoms with E-state index in [1.54, 1.807) is 4.90 Å². The molecule has 0 spiro atoms. The third-order valence-corrected chi connectivity index (χ3v) is 3.18. The fourth-order valence-electron chi connectivity index (χ4n) is 2.44. The van der Waals surface area contributed by atoms with Gasteiger partial charge in [-0.3, -0.25) is 0 Å². The van der Waals surface area contributed by atoms with Crippen molar-refractivity contribution in [2.75, 3.05) is 18.4 Å². The first-order valence-electron chi connectivity index (χ1n) is 7.42. The molecule has 1 aromatic carbocycles. The van der Waals surface area contributed by atoms with E-state index in [4.69, 9.17) is 9.47 Å². The highest BCUT2D eigenvalue weighted by atomic mass is 16.5. The average Bonchev–Trinajstić information content (AvgIpc) is 2.39. The lowest BCUT2D eigenvalue weighted by Crippen LogP contribution is -2.49. The maximum atomic E-state index is 12.2. The van der Waals surface area contributed by atoms with Gasteiger partial charge in [0, 0.05) is 18.8 Å². The SMILES string of the molecule is CC(C)Oc1ccc(NC(=O)N2C[C@@H](C)O[C@@H](C)C2)cc1. The second-order valence-electron chi connectivity index (χ2n) is 5.78. The lowest BCUT2D eigenvalue weighted by Gasteiger charge is -2.35. The van der Waals surface area contributed by atoms with E-state index in [2.05, 4.69) is 5.32 Å². The summed E-state index contributed by atoms with van der Waals surface area (Å²) in [4.78, 5) is 14.0. The van der Waals surface area contributed by atoms with Crippen molar-refractivity contribution in [2.45, 2.75) is 46.0 Å². The summed E-state index contributed by atoms with van der Waals surface area (Å²) < 4.78 is 11.2. The molecule has 1 aliphatic rings. The first kappa shape index (κ1) is 15.6. The number of hydrogen-bond acceptors (Lipinski definition) is 3. The van der Waals surface area contributed by atoms with Crippen molar-refractivity contribution in [1.29, 1.82) is 0 Å². The smallest absolute Gasteiger partial charge is 0.322 e. The molecule has 0 aromatic heterocycles. The number of nitrogens with one attached hydrogen (secondary N) is 1. The molecule has 1 fully saturated rings. The predicted octanol–water partition coefficient (Wildman–Crippen LogP) is 3.11. The van der Waals surface area contributed by atoms with Crippen LogP contribution in [0.4, 0.5) is 10.5 Å². The first-order chi connectivity index (χ1) is 9.94. The number of morpholine rings is 1. The summed E-state index contributed by atoms with van der Waals surface area (Å²) >= 11 is 0. The van der Waals surface area contributed by atoms with Gasteiger partial charge in [0.25, 0.3) is 0 Å². The quantitative estimate of drug-likeness (QED) is 0.931. The minimum atomic E-state index is -0.0884. The lowest BCUT2D eigenvalue weighted by atomic mass is 10.2. The standard InChI is InChI=1S/C16H24N2O3/c1-11(2)20-15-7-5-14(6-8-15)17-16(19)18-9-12(3)21-13(4)10-18/h5-8,11-13H,9-10H2,1-4H3,(H,17,19)/t12-,13+. The second-order valence-corrected chi connectivity index (χ2v) is 5.78. The molecule has 2 amide bonds. The van der Waals surface area contributed by atoms with Gasteiger partial charge in [0.05, 0.1) is 18.3 Å². The summed E-state index contributed by atoms with van der Waals surface area (Å²) in [5, 5.41) is 2.91. The summed E-state index contributed by atoms with van der Waals surface area (Å²) in [5.41, 5.74) is 0.767. The van der Waals surface area contributed by atoms with Gasteiger partial charge in [0.15, 0.2) is 0 Å². The van der Waals surface area contributed by atoms with Crippen LogP contribution in [0.3, 0.4) is 0 Å². The van der Waals surface area contributed by atoms with Crippen molar-refractivity contribution in [2.24, 2.45) is 0 Å². The van der Waals surface area contributed by atoms with Gasteiger partial charge in [-0.2, -0.15) is 0 Å². The number of carbonyl (C=O) groups excluding carboxylic acids is 1. The summed E-state index contributed by atoms with van der Waals surface area (Å²) in [6.07, 6.45) is 0.282. The molecule has 2 rings (SSSR count). The van der Waals surface area contributed by atoms with Gasteiger partial charge in [0.2, 0.25) is 0 Å². The molecule has 0 unspecified atom stereocenters. The Hall–Kier alpha value is -1.75. The van der Waals surface area contributed by atoms with Gasteiger partial charge in [-0.25, -0.2) is 4.79 Å². The van der Waals surface area contributed by atoms with Crippen molar-refractivity contribution in [3.8, 4) is 5.75 Å². The number of ether oxygens (including phenoxy) is 2. The molecule has 0 saturated carbocycles. The van der Waals surface area contributed by atoms with Crippen LogP contribution in [0.25, 0.3) is 0 Å². The Morgan fingerprint density at radius 1 is 1.24 bits per heavy atom. The van der Waals surface area contributed by atoms with Gasteiger partial charge in [-0.1, -0.05) is 0 Å². The number of amides is 2. The Morgan fingerprint density at radius 3 is 2.33 bits per heavy atom. The maximum Gasteiger partial charge on any atom is 0.322 e. The third kappa shape index (κ3) is 4.63. The minimum absolute atomic E-state index is 0.0707. The van der Waals surface area contributed by atoms with E-state index in [-0.39, 0.29) is 24.3 Å². The molecule has 1 aliphatic heterocycles. The molecule has 1 N–H and O–H groups in total. The topological polar surface area (TPSA) is 50.8 Å². The molecule has 5 heteroatoms. The van der Waals surface area contributed by atoms with Gasteiger partial charge in [0.1, 0.15) is 5.75 Å². The lowest BCUT2D eigenvalue weighted by molar-refractivity contribution is -0.0530. The highest BCUT2D eigenvalue weighted by molar-refractivity contribution is 5.89.